The highest BCUT2D eigenvalue weighted by molar-refractivity contribution is 5.95. The molecule has 23 heavy (non-hydrogen) atoms. The lowest BCUT2D eigenvalue weighted by molar-refractivity contribution is 0.0816. The van der Waals surface area contributed by atoms with E-state index in [0.29, 0.717) is 11.4 Å². The van der Waals surface area contributed by atoms with E-state index in [9.17, 15) is 9.90 Å². The van der Waals surface area contributed by atoms with Gasteiger partial charge in [0.25, 0.3) is 5.91 Å². The van der Waals surface area contributed by atoms with Crippen LogP contribution < -0.4 is 5.32 Å². The number of aromatic nitrogens is 3. The minimum absolute atomic E-state index is 0.202. The van der Waals surface area contributed by atoms with Crippen molar-refractivity contribution < 1.29 is 9.90 Å². The largest absolute Gasteiger partial charge is 0.391 e. The van der Waals surface area contributed by atoms with E-state index in [1.165, 1.54) is 6.20 Å². The van der Waals surface area contributed by atoms with Crippen LogP contribution in [0.1, 0.15) is 42.7 Å². The Labute approximate surface area is 136 Å². The van der Waals surface area contributed by atoms with Crippen molar-refractivity contribution in [2.24, 2.45) is 5.92 Å². The van der Waals surface area contributed by atoms with Crippen molar-refractivity contribution >= 4 is 5.91 Å². The predicted molar refractivity (Wildman–Crippen MR) is 88.5 cm³/mol. The highest BCUT2D eigenvalue weighted by Crippen LogP contribution is 2.14. The van der Waals surface area contributed by atoms with E-state index in [1.54, 1.807) is 10.9 Å². The van der Waals surface area contributed by atoms with Crippen LogP contribution in [0.15, 0.2) is 30.6 Å². The maximum absolute atomic E-state index is 12.3. The maximum atomic E-state index is 12.3. The summed E-state index contributed by atoms with van der Waals surface area (Å²) in [6, 6.07) is 5.53. The second-order valence-corrected chi connectivity index (χ2v) is 5.60. The minimum Gasteiger partial charge on any atom is -0.391 e. The first-order valence-electron chi connectivity index (χ1n) is 8.00. The molecule has 0 aliphatic carbocycles. The molecular formula is C17H24N4O2. The molecule has 6 heteroatoms. The number of hydrogen-bond donors (Lipinski definition) is 2. The third-order valence-electron chi connectivity index (χ3n) is 4.19. The topological polar surface area (TPSA) is 80.0 Å². The number of hydrogen-bond acceptors (Lipinski definition) is 4. The molecule has 2 aromatic rings. The molecule has 2 rings (SSSR count). The Bertz CT molecular complexity index is 635. The van der Waals surface area contributed by atoms with E-state index < -0.39 is 6.10 Å². The van der Waals surface area contributed by atoms with Crippen molar-refractivity contribution in [3.8, 4) is 5.82 Å². The molecule has 1 amide bonds. The van der Waals surface area contributed by atoms with Crippen molar-refractivity contribution in [3.63, 3.8) is 0 Å². The zero-order valence-electron chi connectivity index (χ0n) is 13.9. The van der Waals surface area contributed by atoms with Crippen LogP contribution >= 0.6 is 0 Å². The smallest absolute Gasteiger partial charge is 0.254 e. The number of nitrogens with zero attached hydrogens (tertiary/aromatic N) is 3. The molecule has 0 fully saturated rings. The number of amides is 1. The Morgan fingerprint density at radius 3 is 2.70 bits per heavy atom. The first-order chi connectivity index (χ1) is 11.1. The van der Waals surface area contributed by atoms with E-state index in [-0.39, 0.29) is 18.4 Å². The summed E-state index contributed by atoms with van der Waals surface area (Å²) in [5, 5.41) is 17.1. The number of aliphatic hydroxyl groups is 1. The fourth-order valence-electron chi connectivity index (χ4n) is 2.63. The van der Waals surface area contributed by atoms with E-state index in [4.69, 9.17) is 0 Å². The summed E-state index contributed by atoms with van der Waals surface area (Å²) in [7, 11) is 0. The summed E-state index contributed by atoms with van der Waals surface area (Å²) in [5.41, 5.74) is 1.21. The van der Waals surface area contributed by atoms with Crippen LogP contribution in [-0.4, -0.2) is 38.4 Å². The lowest BCUT2D eigenvalue weighted by Crippen LogP contribution is -2.36. The minimum atomic E-state index is -0.528. The Hall–Kier alpha value is -2.21. The van der Waals surface area contributed by atoms with Crippen molar-refractivity contribution in [2.75, 3.05) is 6.54 Å². The number of carbonyl (C=O) groups excluding carboxylic acids is 1. The van der Waals surface area contributed by atoms with Crippen molar-refractivity contribution in [1.82, 2.24) is 20.1 Å². The number of nitrogens with one attached hydrogen (secondary N) is 1. The van der Waals surface area contributed by atoms with Gasteiger partial charge in [-0.15, -0.1) is 0 Å². The van der Waals surface area contributed by atoms with Gasteiger partial charge in [-0.3, -0.25) is 4.79 Å². The van der Waals surface area contributed by atoms with Crippen LogP contribution in [0, 0.1) is 12.8 Å². The molecule has 2 aromatic heterocycles. The standard InChI is InChI=1S/C17H24N4O2/c1-4-13(5-2)15(22)11-19-17(23)14-10-20-21(12(14)3)16-8-6-7-9-18-16/h6-10,13,15,22H,4-5,11H2,1-3H3,(H,19,23). The molecule has 0 saturated heterocycles. The lowest BCUT2D eigenvalue weighted by atomic mass is 9.96. The number of aliphatic hydroxyl groups excluding tert-OH is 1. The number of pyridine rings is 1. The number of carbonyl (C=O) groups is 1. The summed E-state index contributed by atoms with van der Waals surface area (Å²) >= 11 is 0. The quantitative estimate of drug-likeness (QED) is 0.820. The van der Waals surface area contributed by atoms with Gasteiger partial charge in [0.05, 0.1) is 23.6 Å². The molecule has 6 nitrogen and oxygen atoms in total. The van der Waals surface area contributed by atoms with Gasteiger partial charge >= 0.3 is 0 Å². The lowest BCUT2D eigenvalue weighted by Gasteiger charge is -2.20. The van der Waals surface area contributed by atoms with Crippen LogP contribution in [0.2, 0.25) is 0 Å². The molecule has 0 radical (unpaired) electrons. The second kappa shape index (κ2) is 7.87. The molecule has 0 spiro atoms. The summed E-state index contributed by atoms with van der Waals surface area (Å²) in [5.74, 6) is 0.642. The first kappa shape index (κ1) is 17.1. The van der Waals surface area contributed by atoms with Gasteiger partial charge in [0.15, 0.2) is 5.82 Å². The zero-order chi connectivity index (χ0) is 16.8. The molecule has 1 atom stereocenters. The van der Waals surface area contributed by atoms with Gasteiger partial charge in [-0.05, 0) is 25.0 Å². The Morgan fingerprint density at radius 2 is 2.09 bits per heavy atom. The Morgan fingerprint density at radius 1 is 1.35 bits per heavy atom. The molecule has 0 aliphatic heterocycles. The van der Waals surface area contributed by atoms with Gasteiger partial charge < -0.3 is 10.4 Å². The molecule has 1 unspecified atom stereocenters. The normalized spacial score (nSPS) is 12.4. The molecular weight excluding hydrogens is 292 g/mol. The molecule has 0 bridgehead atoms. The monoisotopic (exact) mass is 316 g/mol. The highest BCUT2D eigenvalue weighted by atomic mass is 16.3. The van der Waals surface area contributed by atoms with Crippen molar-refractivity contribution in [2.45, 2.75) is 39.7 Å². The van der Waals surface area contributed by atoms with Crippen LogP contribution in [0.3, 0.4) is 0 Å². The average Bonchev–Trinajstić information content (AvgIpc) is 2.96. The van der Waals surface area contributed by atoms with Gasteiger partial charge in [-0.1, -0.05) is 32.8 Å². The summed E-state index contributed by atoms with van der Waals surface area (Å²) < 4.78 is 1.63. The van der Waals surface area contributed by atoms with Crippen LogP contribution in [-0.2, 0) is 0 Å². The summed E-state index contributed by atoms with van der Waals surface area (Å²) in [4.78, 5) is 16.5. The van der Waals surface area contributed by atoms with Crippen LogP contribution in [0.5, 0.6) is 0 Å². The fraction of sp³-hybridized carbons (Fsp3) is 0.471. The third-order valence-corrected chi connectivity index (χ3v) is 4.19. The molecule has 0 saturated carbocycles. The van der Waals surface area contributed by atoms with E-state index in [1.807, 2.05) is 39.0 Å². The predicted octanol–water partition coefficient (Wildman–Crippen LogP) is 2.10. The van der Waals surface area contributed by atoms with E-state index in [0.717, 1.165) is 18.5 Å². The van der Waals surface area contributed by atoms with Gasteiger partial charge in [0, 0.05) is 12.7 Å². The molecule has 0 aliphatic rings. The van der Waals surface area contributed by atoms with E-state index >= 15 is 0 Å². The van der Waals surface area contributed by atoms with E-state index in [2.05, 4.69) is 15.4 Å². The SMILES string of the molecule is CCC(CC)C(O)CNC(=O)c1cnn(-c2ccccn2)c1C. The van der Waals surface area contributed by atoms with Gasteiger partial charge in [0.1, 0.15) is 0 Å². The number of rotatable bonds is 7. The molecule has 0 aromatic carbocycles. The van der Waals surface area contributed by atoms with Gasteiger partial charge in [-0.2, -0.15) is 5.10 Å². The maximum Gasteiger partial charge on any atom is 0.254 e. The molecule has 2 heterocycles. The summed E-state index contributed by atoms with van der Waals surface area (Å²) in [6.07, 6.45) is 4.47. The van der Waals surface area contributed by atoms with Crippen molar-refractivity contribution in [3.05, 3.63) is 41.9 Å². The molecule has 2 N–H and O–H groups in total. The fourth-order valence-corrected chi connectivity index (χ4v) is 2.63. The van der Waals surface area contributed by atoms with Crippen molar-refractivity contribution in [1.29, 1.82) is 0 Å². The zero-order valence-corrected chi connectivity index (χ0v) is 13.9. The average molecular weight is 316 g/mol. The van der Waals surface area contributed by atoms with Gasteiger partial charge in [-0.25, -0.2) is 9.67 Å². The summed E-state index contributed by atoms with van der Waals surface area (Å²) in [6.45, 7) is 6.16. The second-order valence-electron chi connectivity index (χ2n) is 5.60. The highest BCUT2D eigenvalue weighted by Gasteiger charge is 2.19. The van der Waals surface area contributed by atoms with Crippen LogP contribution in [0.25, 0.3) is 5.82 Å². The van der Waals surface area contributed by atoms with Crippen LogP contribution in [0.4, 0.5) is 0 Å². The Kier molecular flexibility index (Phi) is 5.87. The van der Waals surface area contributed by atoms with Gasteiger partial charge in [0.2, 0.25) is 0 Å². The third kappa shape index (κ3) is 3.96. The molecule has 124 valence electrons. The Balaban J connectivity index is 2.05. The first-order valence-corrected chi connectivity index (χ1v) is 8.00.